The highest BCUT2D eigenvalue weighted by molar-refractivity contribution is 5.02. The van der Waals surface area contributed by atoms with Gasteiger partial charge in [-0.05, 0) is 13.0 Å². The first-order chi connectivity index (χ1) is 7.51. The van der Waals surface area contributed by atoms with Crippen molar-refractivity contribution in [1.29, 1.82) is 0 Å². The van der Waals surface area contributed by atoms with E-state index >= 15 is 0 Å². The molecule has 0 spiro atoms. The molecule has 0 saturated carbocycles. The van der Waals surface area contributed by atoms with Crippen molar-refractivity contribution in [3.05, 3.63) is 17.9 Å². The first-order valence-corrected chi connectivity index (χ1v) is 2.87. The Labute approximate surface area is 69.9 Å². The zero-order valence-corrected chi connectivity index (χ0v) is 5.39. The van der Waals surface area contributed by atoms with E-state index < -0.39 is 31.2 Å². The molecule has 1 aliphatic heterocycles. The number of rotatable bonds is 0. The average molecular weight is 144 g/mol. The first kappa shape index (κ1) is 2.08. The van der Waals surface area contributed by atoms with Crippen molar-refractivity contribution in [2.75, 3.05) is 0 Å². The van der Waals surface area contributed by atoms with Gasteiger partial charge in [-0.15, -0.1) is 0 Å². The highest BCUT2D eigenvalue weighted by atomic mass is 15.3. The van der Waals surface area contributed by atoms with Crippen molar-refractivity contribution in [2.24, 2.45) is 0 Å². The van der Waals surface area contributed by atoms with Gasteiger partial charge in [-0.2, -0.15) is 5.10 Å². The van der Waals surface area contributed by atoms with Crippen LogP contribution < -0.4 is 5.32 Å². The molecule has 2 rings (SSSR count). The molecule has 3 heteroatoms. The lowest BCUT2D eigenvalue weighted by atomic mass is 10.2. The van der Waals surface area contributed by atoms with Crippen molar-refractivity contribution in [1.82, 2.24) is 15.1 Å². The zero-order chi connectivity index (χ0) is 13.2. The van der Waals surface area contributed by atoms with Crippen LogP contribution >= 0.6 is 0 Å². The van der Waals surface area contributed by atoms with E-state index in [9.17, 15) is 0 Å². The van der Waals surface area contributed by atoms with Crippen molar-refractivity contribution < 1.29 is 9.60 Å². The molecule has 1 unspecified atom stereocenters. The maximum atomic E-state index is 7.79. The number of hydrogen-bond donors (Lipinski definition) is 1. The number of aromatic nitrogens is 2. The van der Waals surface area contributed by atoms with Gasteiger partial charge in [-0.25, -0.2) is 0 Å². The fraction of sp³-hybridized carbons (Fsp3) is 0.571. The van der Waals surface area contributed by atoms with Crippen LogP contribution in [0, 0.1) is 0 Å². The zero-order valence-electron chi connectivity index (χ0n) is 12.4. The fourth-order valence-corrected chi connectivity index (χ4v) is 0.736. The Balaban J connectivity index is 2.78. The van der Waals surface area contributed by atoms with E-state index in [2.05, 4.69) is 10.4 Å². The quantitative estimate of drug-likeness (QED) is 0.570. The minimum absolute atomic E-state index is 0.364. The summed E-state index contributed by atoms with van der Waals surface area (Å²) >= 11 is 0. The Morgan fingerprint density at radius 1 is 2.20 bits per heavy atom. The van der Waals surface area contributed by atoms with E-state index in [4.69, 9.17) is 9.60 Å². The van der Waals surface area contributed by atoms with E-state index in [1.165, 1.54) is 6.92 Å². The summed E-state index contributed by atoms with van der Waals surface area (Å²) in [6.07, 6.45) is -0.507. The average Bonchev–Trinajstić information content (AvgIpc) is 2.40. The smallest absolute Gasteiger partial charge is 0.0860 e. The van der Waals surface area contributed by atoms with Gasteiger partial charge in [-0.3, -0.25) is 4.68 Å². The molecule has 0 fully saturated rings. The molecule has 1 aromatic rings. The Kier molecular flexibility index (Phi) is 0.434. The highest BCUT2D eigenvalue weighted by Crippen LogP contribution is 2.05. The topological polar surface area (TPSA) is 29.9 Å². The van der Waals surface area contributed by atoms with Gasteiger partial charge in [0.15, 0.2) is 0 Å². The summed E-state index contributed by atoms with van der Waals surface area (Å²) in [6.45, 7) is -3.43. The van der Waals surface area contributed by atoms with Crippen molar-refractivity contribution in [2.45, 2.75) is 25.9 Å². The third-order valence-electron chi connectivity index (χ3n) is 1.18. The molecular weight excluding hydrogens is 126 g/mol. The highest BCUT2D eigenvalue weighted by Gasteiger charge is 2.12. The standard InChI is InChI=1S/C7H11N3/c1-6-5-10-7(4-8-6)2-3-9-10/h2-3,6,8H,4-5H2,1H3/i2D,3D,4D2,5D2,6D. The van der Waals surface area contributed by atoms with Gasteiger partial charge in [0.2, 0.25) is 0 Å². The van der Waals surface area contributed by atoms with E-state index in [0.29, 0.717) is 4.68 Å². The molecule has 1 atom stereocenters. The summed E-state index contributed by atoms with van der Waals surface area (Å²) in [4.78, 5) is 0. The Morgan fingerprint density at radius 3 is 4.00 bits per heavy atom. The van der Waals surface area contributed by atoms with Gasteiger partial charge in [0.1, 0.15) is 0 Å². The van der Waals surface area contributed by atoms with E-state index in [-0.39, 0.29) is 5.69 Å². The van der Waals surface area contributed by atoms with E-state index in [1.807, 2.05) is 0 Å². The summed E-state index contributed by atoms with van der Waals surface area (Å²) in [5.74, 6) is 0. The van der Waals surface area contributed by atoms with E-state index in [1.54, 1.807) is 0 Å². The Morgan fingerprint density at radius 2 is 3.10 bits per heavy atom. The molecule has 0 bridgehead atoms. The molecule has 54 valence electrons. The largest absolute Gasteiger partial charge is 0.307 e. The number of fused-ring (bicyclic) bond motifs is 1. The third kappa shape index (κ3) is 0.827. The Hall–Kier alpha value is -0.830. The van der Waals surface area contributed by atoms with Gasteiger partial charge in [-0.1, -0.05) is 0 Å². The van der Waals surface area contributed by atoms with Crippen LogP contribution in [0.2, 0.25) is 0 Å². The number of hydrogen-bond acceptors (Lipinski definition) is 2. The van der Waals surface area contributed by atoms with Crippen LogP contribution in [0.25, 0.3) is 0 Å². The van der Waals surface area contributed by atoms with Gasteiger partial charge in [0.25, 0.3) is 0 Å². The van der Waals surface area contributed by atoms with Crippen LogP contribution in [0.4, 0.5) is 0 Å². The van der Waals surface area contributed by atoms with Crippen molar-refractivity contribution >= 4 is 0 Å². The summed E-state index contributed by atoms with van der Waals surface area (Å²) in [6, 6.07) is -2.42. The van der Waals surface area contributed by atoms with Gasteiger partial charge >= 0.3 is 0 Å². The molecular formula is C7H11N3. The SMILES string of the molecule is [2H]c1nn2c(c1[2H])C([2H])([2H])NC([2H])(C)C2([2H])[2H]. The molecule has 0 radical (unpaired) electrons. The Bertz CT molecular complexity index is 478. The van der Waals surface area contributed by atoms with Gasteiger partial charge in [0.05, 0.1) is 17.7 Å². The lowest BCUT2D eigenvalue weighted by molar-refractivity contribution is 0.389. The van der Waals surface area contributed by atoms with Crippen molar-refractivity contribution in [3.8, 4) is 0 Å². The maximum absolute atomic E-state index is 7.79. The predicted molar refractivity (Wildman–Crippen MR) is 38.5 cm³/mol. The second-order valence-corrected chi connectivity index (χ2v) is 1.98. The molecule has 0 aromatic carbocycles. The summed E-state index contributed by atoms with van der Waals surface area (Å²) in [5.41, 5.74) is -0.364. The predicted octanol–water partition coefficient (Wildman–Crippen LogP) is 0.375. The molecule has 2 heterocycles. The van der Waals surface area contributed by atoms with Gasteiger partial charge in [0, 0.05) is 22.8 Å². The van der Waals surface area contributed by atoms with Crippen LogP contribution in [-0.4, -0.2) is 15.8 Å². The lowest BCUT2D eigenvalue weighted by Gasteiger charge is -2.21. The summed E-state index contributed by atoms with van der Waals surface area (Å²) in [7, 11) is 0. The molecule has 0 saturated heterocycles. The van der Waals surface area contributed by atoms with E-state index in [0.717, 1.165) is 0 Å². The summed E-state index contributed by atoms with van der Waals surface area (Å²) < 4.78 is 54.3. The number of nitrogens with zero attached hydrogens (tertiary/aromatic N) is 2. The van der Waals surface area contributed by atoms with Crippen molar-refractivity contribution in [3.63, 3.8) is 0 Å². The van der Waals surface area contributed by atoms with Gasteiger partial charge < -0.3 is 5.32 Å². The molecule has 1 N–H and O–H groups in total. The minimum atomic E-state index is -2.34. The molecule has 0 aliphatic carbocycles. The van der Waals surface area contributed by atoms with Crippen LogP contribution in [0.1, 0.15) is 22.2 Å². The normalized spacial score (nSPS) is 51.9. The first-order valence-electron chi connectivity index (χ1n) is 6.37. The van der Waals surface area contributed by atoms with Crippen LogP contribution in [0.15, 0.2) is 12.2 Å². The van der Waals surface area contributed by atoms with Crippen LogP contribution in [-0.2, 0) is 13.0 Å². The molecule has 1 aromatic heterocycles. The molecule has 0 amide bonds. The lowest BCUT2D eigenvalue weighted by Crippen LogP contribution is -2.36. The monoisotopic (exact) mass is 144 g/mol. The van der Waals surface area contributed by atoms with Crippen LogP contribution in [0.5, 0.6) is 0 Å². The maximum Gasteiger partial charge on any atom is 0.0860 e. The molecule has 1 aliphatic rings. The third-order valence-corrected chi connectivity index (χ3v) is 1.18. The molecule has 10 heavy (non-hydrogen) atoms. The number of nitrogens with one attached hydrogen (secondary N) is 1. The second-order valence-electron chi connectivity index (χ2n) is 1.98. The fourth-order valence-electron chi connectivity index (χ4n) is 0.736. The minimum Gasteiger partial charge on any atom is -0.307 e. The van der Waals surface area contributed by atoms with Crippen LogP contribution in [0.3, 0.4) is 0 Å². The summed E-state index contributed by atoms with van der Waals surface area (Å²) in [5, 5.41) is 5.71. The molecule has 3 nitrogen and oxygen atoms in total. The second kappa shape index (κ2) is 2.09.